The maximum Gasteiger partial charge on any atom is 0.283 e. The van der Waals surface area contributed by atoms with E-state index in [1.165, 1.54) is 12.3 Å². The molecule has 1 aliphatic carbocycles. The fraction of sp³-hybridized carbons (Fsp3) is 0.545. The Bertz CT molecular complexity index is 550. The molecule has 98 valence electrons. The molecule has 1 aromatic rings. The molecule has 1 amide bonds. The van der Waals surface area contributed by atoms with Crippen LogP contribution >= 0.6 is 0 Å². The second-order valence-corrected chi connectivity index (χ2v) is 6.23. The van der Waals surface area contributed by atoms with E-state index in [-0.39, 0.29) is 11.6 Å². The molecular formula is C11H15N3O3S. The summed E-state index contributed by atoms with van der Waals surface area (Å²) < 4.78 is 23.9. The Hall–Kier alpha value is -1.50. The van der Waals surface area contributed by atoms with Gasteiger partial charge in [0.1, 0.15) is 11.5 Å². The standard InChI is InChI=1S/C11H15N3O3S/c1-18(16,17)14-11(15)9-6-7-12-10(13-9)8-4-2-3-5-8/h6-8H,2-5H2,1H3,(H,14,15). The van der Waals surface area contributed by atoms with E-state index in [4.69, 9.17) is 0 Å². The summed E-state index contributed by atoms with van der Waals surface area (Å²) in [5, 5.41) is 0. The second-order valence-electron chi connectivity index (χ2n) is 4.48. The van der Waals surface area contributed by atoms with E-state index in [2.05, 4.69) is 9.97 Å². The summed E-state index contributed by atoms with van der Waals surface area (Å²) in [6.07, 6.45) is 6.78. The van der Waals surface area contributed by atoms with Gasteiger partial charge in [0, 0.05) is 12.1 Å². The van der Waals surface area contributed by atoms with Crippen LogP contribution in [0.1, 0.15) is 47.9 Å². The first-order chi connectivity index (χ1) is 8.46. The summed E-state index contributed by atoms with van der Waals surface area (Å²) in [6, 6.07) is 1.42. The molecule has 1 heterocycles. The Morgan fingerprint density at radius 3 is 2.67 bits per heavy atom. The van der Waals surface area contributed by atoms with Crippen molar-refractivity contribution in [3.05, 3.63) is 23.8 Å². The summed E-state index contributed by atoms with van der Waals surface area (Å²) in [5.41, 5.74) is 0.0947. The second kappa shape index (κ2) is 5.01. The molecule has 0 aliphatic heterocycles. The number of nitrogens with zero attached hydrogens (tertiary/aromatic N) is 2. The number of rotatable bonds is 3. The summed E-state index contributed by atoms with van der Waals surface area (Å²) in [7, 11) is -3.56. The van der Waals surface area contributed by atoms with Crippen molar-refractivity contribution in [2.24, 2.45) is 0 Å². The number of carbonyl (C=O) groups excluding carboxylic acids is 1. The van der Waals surface area contributed by atoms with Gasteiger partial charge in [-0.1, -0.05) is 12.8 Å². The van der Waals surface area contributed by atoms with Gasteiger partial charge in [0.25, 0.3) is 5.91 Å². The smallest absolute Gasteiger partial charge is 0.266 e. The molecular weight excluding hydrogens is 254 g/mol. The zero-order valence-electron chi connectivity index (χ0n) is 10.1. The molecule has 6 nitrogen and oxygen atoms in total. The molecule has 1 aliphatic rings. The first-order valence-electron chi connectivity index (χ1n) is 5.81. The predicted molar refractivity (Wildman–Crippen MR) is 65.6 cm³/mol. The van der Waals surface area contributed by atoms with Crippen molar-refractivity contribution in [3.63, 3.8) is 0 Å². The van der Waals surface area contributed by atoms with Gasteiger partial charge in [-0.2, -0.15) is 0 Å². The maximum absolute atomic E-state index is 11.6. The SMILES string of the molecule is CS(=O)(=O)NC(=O)c1ccnc(C2CCCC2)n1. The van der Waals surface area contributed by atoms with Gasteiger partial charge in [-0.15, -0.1) is 0 Å². The molecule has 0 spiro atoms. The molecule has 1 aromatic heterocycles. The lowest BCUT2D eigenvalue weighted by Crippen LogP contribution is -2.30. The number of hydrogen-bond donors (Lipinski definition) is 1. The number of hydrogen-bond acceptors (Lipinski definition) is 5. The van der Waals surface area contributed by atoms with E-state index in [0.717, 1.165) is 31.9 Å². The van der Waals surface area contributed by atoms with Crippen LogP contribution in [0.25, 0.3) is 0 Å². The highest BCUT2D eigenvalue weighted by Crippen LogP contribution is 2.31. The normalized spacial score (nSPS) is 16.7. The molecule has 7 heteroatoms. The molecule has 2 rings (SSSR count). The average molecular weight is 269 g/mol. The maximum atomic E-state index is 11.6. The monoisotopic (exact) mass is 269 g/mol. The molecule has 0 unspecified atom stereocenters. The third kappa shape index (κ3) is 3.25. The molecule has 0 aromatic carbocycles. The van der Waals surface area contributed by atoms with E-state index >= 15 is 0 Å². The van der Waals surface area contributed by atoms with Crippen LogP contribution in [-0.2, 0) is 10.0 Å². The van der Waals surface area contributed by atoms with Gasteiger partial charge in [0.2, 0.25) is 10.0 Å². The van der Waals surface area contributed by atoms with Crippen LogP contribution < -0.4 is 4.72 Å². The number of sulfonamides is 1. The third-order valence-electron chi connectivity index (χ3n) is 2.91. The Kier molecular flexibility index (Phi) is 3.60. The van der Waals surface area contributed by atoms with Crippen LogP contribution in [0.4, 0.5) is 0 Å². The predicted octanol–water partition coefficient (Wildman–Crippen LogP) is 0.824. The number of aromatic nitrogens is 2. The molecule has 0 atom stereocenters. The van der Waals surface area contributed by atoms with Gasteiger partial charge >= 0.3 is 0 Å². The number of amides is 1. The van der Waals surface area contributed by atoms with Crippen molar-refractivity contribution in [1.82, 2.24) is 14.7 Å². The number of carbonyl (C=O) groups is 1. The van der Waals surface area contributed by atoms with Crippen molar-refractivity contribution in [2.75, 3.05) is 6.26 Å². The average Bonchev–Trinajstić information content (AvgIpc) is 2.80. The minimum absolute atomic E-state index is 0.0947. The summed E-state index contributed by atoms with van der Waals surface area (Å²) in [6.45, 7) is 0. The van der Waals surface area contributed by atoms with Gasteiger partial charge in [0.15, 0.2) is 0 Å². The fourth-order valence-corrected chi connectivity index (χ4v) is 2.54. The van der Waals surface area contributed by atoms with Crippen LogP contribution in [-0.4, -0.2) is 30.5 Å². The van der Waals surface area contributed by atoms with E-state index < -0.39 is 15.9 Å². The molecule has 18 heavy (non-hydrogen) atoms. The van der Waals surface area contributed by atoms with Crippen molar-refractivity contribution in [3.8, 4) is 0 Å². The van der Waals surface area contributed by atoms with Crippen molar-refractivity contribution < 1.29 is 13.2 Å². The minimum Gasteiger partial charge on any atom is -0.266 e. The summed E-state index contributed by atoms with van der Waals surface area (Å²) in [5.74, 6) is 0.212. The van der Waals surface area contributed by atoms with E-state index in [1.807, 2.05) is 4.72 Å². The van der Waals surface area contributed by atoms with Crippen LogP contribution in [0.2, 0.25) is 0 Å². The highest BCUT2D eigenvalue weighted by molar-refractivity contribution is 7.89. The Morgan fingerprint density at radius 2 is 2.06 bits per heavy atom. The molecule has 1 N–H and O–H groups in total. The summed E-state index contributed by atoms with van der Waals surface area (Å²) in [4.78, 5) is 20.0. The van der Waals surface area contributed by atoms with E-state index in [0.29, 0.717) is 5.82 Å². The molecule has 1 fully saturated rings. The Balaban J connectivity index is 2.18. The Labute approximate surface area is 106 Å². The molecule has 0 bridgehead atoms. The van der Waals surface area contributed by atoms with Gasteiger partial charge < -0.3 is 0 Å². The van der Waals surface area contributed by atoms with E-state index in [1.54, 1.807) is 0 Å². The van der Waals surface area contributed by atoms with Crippen molar-refractivity contribution >= 4 is 15.9 Å². The van der Waals surface area contributed by atoms with Gasteiger partial charge in [0.05, 0.1) is 6.26 Å². The van der Waals surface area contributed by atoms with E-state index in [9.17, 15) is 13.2 Å². The van der Waals surface area contributed by atoms with Gasteiger partial charge in [-0.05, 0) is 18.9 Å². The lowest BCUT2D eigenvalue weighted by Gasteiger charge is -2.08. The van der Waals surface area contributed by atoms with Crippen molar-refractivity contribution in [1.29, 1.82) is 0 Å². The van der Waals surface area contributed by atoms with Crippen molar-refractivity contribution in [2.45, 2.75) is 31.6 Å². The topological polar surface area (TPSA) is 89.0 Å². The van der Waals surface area contributed by atoms with Crippen LogP contribution in [0, 0.1) is 0 Å². The molecule has 0 radical (unpaired) electrons. The van der Waals surface area contributed by atoms with Crippen LogP contribution in [0.3, 0.4) is 0 Å². The van der Waals surface area contributed by atoms with Gasteiger partial charge in [-0.25, -0.2) is 23.1 Å². The zero-order chi connectivity index (χ0) is 13.2. The number of nitrogens with one attached hydrogen (secondary N) is 1. The highest BCUT2D eigenvalue weighted by atomic mass is 32.2. The first kappa shape index (κ1) is 12.9. The highest BCUT2D eigenvalue weighted by Gasteiger charge is 2.21. The summed E-state index contributed by atoms with van der Waals surface area (Å²) >= 11 is 0. The lowest BCUT2D eigenvalue weighted by molar-refractivity contribution is 0.0976. The fourth-order valence-electron chi connectivity index (χ4n) is 2.10. The third-order valence-corrected chi connectivity index (χ3v) is 3.46. The van der Waals surface area contributed by atoms with Crippen LogP contribution in [0.15, 0.2) is 12.3 Å². The Morgan fingerprint density at radius 1 is 1.39 bits per heavy atom. The quantitative estimate of drug-likeness (QED) is 0.877. The lowest BCUT2D eigenvalue weighted by atomic mass is 10.1. The zero-order valence-corrected chi connectivity index (χ0v) is 10.9. The van der Waals surface area contributed by atoms with Crippen LogP contribution in [0.5, 0.6) is 0 Å². The minimum atomic E-state index is -3.56. The molecule has 0 saturated heterocycles. The van der Waals surface area contributed by atoms with Gasteiger partial charge in [-0.3, -0.25) is 4.79 Å². The molecule has 1 saturated carbocycles. The largest absolute Gasteiger partial charge is 0.283 e. The first-order valence-corrected chi connectivity index (χ1v) is 7.70.